The second-order valence-corrected chi connectivity index (χ2v) is 9.09. The fourth-order valence-electron chi connectivity index (χ4n) is 5.19. The number of ether oxygens (including phenoxy) is 2. The van der Waals surface area contributed by atoms with Crippen molar-refractivity contribution < 1.29 is 19.1 Å². The van der Waals surface area contributed by atoms with Gasteiger partial charge in [0.15, 0.2) is 11.5 Å². The van der Waals surface area contributed by atoms with Crippen molar-refractivity contribution >= 4 is 11.7 Å². The van der Waals surface area contributed by atoms with Gasteiger partial charge in [0.05, 0.1) is 42.9 Å². The Morgan fingerprint density at radius 3 is 2.16 bits per heavy atom. The lowest BCUT2D eigenvalue weighted by Gasteiger charge is -2.37. The minimum Gasteiger partial charge on any atom is -0.493 e. The van der Waals surface area contributed by atoms with Crippen molar-refractivity contribution in [1.29, 1.82) is 0 Å². The van der Waals surface area contributed by atoms with Gasteiger partial charge in [0, 0.05) is 6.54 Å². The summed E-state index contributed by atoms with van der Waals surface area (Å²) in [6.45, 7) is 3.99. The monoisotopic (exact) mass is 495 g/mol. The van der Waals surface area contributed by atoms with Crippen molar-refractivity contribution in [3.63, 3.8) is 0 Å². The molecule has 37 heavy (non-hydrogen) atoms. The van der Waals surface area contributed by atoms with Crippen LogP contribution < -0.4 is 9.47 Å². The van der Waals surface area contributed by atoms with Gasteiger partial charge in [-0.2, -0.15) is 5.10 Å². The summed E-state index contributed by atoms with van der Waals surface area (Å²) in [5.41, 5.74) is 5.26. The van der Waals surface area contributed by atoms with E-state index in [0.717, 1.165) is 22.4 Å². The van der Waals surface area contributed by atoms with E-state index < -0.39 is 17.7 Å². The first-order chi connectivity index (χ1) is 17.9. The van der Waals surface area contributed by atoms with Crippen molar-refractivity contribution in [2.75, 3.05) is 20.8 Å². The molecule has 0 radical (unpaired) electrons. The number of carbonyl (C=O) groups excluding carboxylic acids is 2. The summed E-state index contributed by atoms with van der Waals surface area (Å²) in [6.07, 6.45) is 0.597. The first-order valence-electron chi connectivity index (χ1n) is 12.2. The number of methoxy groups -OCH3 is 2. The van der Waals surface area contributed by atoms with Crippen LogP contribution in [0, 0.1) is 13.8 Å². The Kier molecular flexibility index (Phi) is 6.53. The molecular weight excluding hydrogens is 466 g/mol. The second kappa shape index (κ2) is 9.93. The van der Waals surface area contributed by atoms with E-state index in [-0.39, 0.29) is 0 Å². The fraction of sp³-hybridized carbons (Fsp3) is 0.233. The maximum absolute atomic E-state index is 13.9. The largest absolute Gasteiger partial charge is 0.493 e. The maximum atomic E-state index is 13.9. The number of rotatable bonds is 6. The molecule has 2 heterocycles. The summed E-state index contributed by atoms with van der Waals surface area (Å²) in [5, 5.41) is 4.58. The molecule has 188 valence electrons. The second-order valence-electron chi connectivity index (χ2n) is 9.09. The first kappa shape index (κ1) is 24.3. The summed E-state index contributed by atoms with van der Waals surface area (Å²) in [6, 6.07) is 22.8. The minimum atomic E-state index is -0.554. The number of para-hydroxylation sites is 1. The molecule has 0 saturated heterocycles. The lowest BCUT2D eigenvalue weighted by molar-refractivity contribution is -0.128. The third kappa shape index (κ3) is 4.27. The predicted molar refractivity (Wildman–Crippen MR) is 141 cm³/mol. The van der Waals surface area contributed by atoms with Gasteiger partial charge < -0.3 is 14.4 Å². The van der Waals surface area contributed by atoms with Gasteiger partial charge in [-0.25, -0.2) is 4.68 Å². The van der Waals surface area contributed by atoms with E-state index in [1.54, 1.807) is 30.7 Å². The van der Waals surface area contributed by atoms with Crippen LogP contribution in [0.2, 0.25) is 0 Å². The standard InChI is InChI=1S/C30H29N3O4/c1-19-27(20(2)33(31-19)23-13-9-6-10-14-23)29(34)30(35)32-16-15-22-17-25(36-3)26(37-4)18-24(22)28(32)21-11-7-5-8-12-21/h5-14,17-18,28H,15-16H2,1-4H3. The van der Waals surface area contributed by atoms with Crippen LogP contribution in [0.4, 0.5) is 0 Å². The van der Waals surface area contributed by atoms with Crippen LogP contribution in [0.1, 0.15) is 44.5 Å². The SMILES string of the molecule is COc1cc2c(cc1OC)C(c1ccccc1)N(C(=O)C(=O)c1c(C)nn(-c3ccccc3)c1C)CC2. The van der Waals surface area contributed by atoms with E-state index in [9.17, 15) is 9.59 Å². The number of Topliss-reactive ketones (excluding diaryl/α,β-unsaturated/α-hetero) is 1. The Morgan fingerprint density at radius 1 is 0.892 bits per heavy atom. The third-order valence-corrected chi connectivity index (χ3v) is 6.96. The van der Waals surface area contributed by atoms with E-state index in [4.69, 9.17) is 9.47 Å². The highest BCUT2D eigenvalue weighted by Crippen LogP contribution is 2.41. The number of aryl methyl sites for hydroxylation is 1. The van der Waals surface area contributed by atoms with Crippen LogP contribution in [0.15, 0.2) is 72.8 Å². The van der Waals surface area contributed by atoms with Crippen molar-refractivity contribution in [2.45, 2.75) is 26.3 Å². The van der Waals surface area contributed by atoms with Crippen molar-refractivity contribution in [3.05, 3.63) is 106 Å². The van der Waals surface area contributed by atoms with Crippen molar-refractivity contribution in [2.24, 2.45) is 0 Å². The van der Waals surface area contributed by atoms with Crippen molar-refractivity contribution in [3.8, 4) is 17.2 Å². The molecule has 0 spiro atoms. The number of hydrogen-bond acceptors (Lipinski definition) is 5. The number of carbonyl (C=O) groups is 2. The molecular formula is C30H29N3O4. The molecule has 5 rings (SSSR count). The zero-order valence-electron chi connectivity index (χ0n) is 21.4. The van der Waals surface area contributed by atoms with Gasteiger partial charge >= 0.3 is 0 Å². The summed E-state index contributed by atoms with van der Waals surface area (Å²) in [7, 11) is 3.20. The molecule has 7 heteroatoms. The molecule has 1 unspecified atom stereocenters. The molecule has 0 saturated carbocycles. The molecule has 1 amide bonds. The van der Waals surface area contributed by atoms with E-state index in [1.165, 1.54) is 0 Å². The molecule has 1 atom stereocenters. The molecule has 1 aliphatic rings. The number of fused-ring (bicyclic) bond motifs is 1. The van der Waals surface area contributed by atoms with Gasteiger partial charge in [-0.1, -0.05) is 48.5 Å². The predicted octanol–water partition coefficient (Wildman–Crippen LogP) is 4.86. The number of nitrogens with zero attached hydrogens (tertiary/aromatic N) is 3. The number of hydrogen-bond donors (Lipinski definition) is 0. The van der Waals surface area contributed by atoms with E-state index >= 15 is 0 Å². The zero-order chi connectivity index (χ0) is 26.1. The van der Waals surface area contributed by atoms with Gasteiger partial charge in [0.1, 0.15) is 0 Å². The summed E-state index contributed by atoms with van der Waals surface area (Å²) in [5.74, 6) is 0.122. The molecule has 0 N–H and O–H groups in total. The average Bonchev–Trinajstić information content (AvgIpc) is 3.24. The van der Waals surface area contributed by atoms with Crippen LogP contribution in [-0.2, 0) is 11.2 Å². The van der Waals surface area contributed by atoms with Crippen LogP contribution in [0.3, 0.4) is 0 Å². The van der Waals surface area contributed by atoms with Crippen LogP contribution in [0.5, 0.6) is 11.5 Å². The smallest absolute Gasteiger partial charge is 0.295 e. The molecule has 0 fully saturated rings. The first-order valence-corrected chi connectivity index (χ1v) is 12.2. The molecule has 0 bridgehead atoms. The van der Waals surface area contributed by atoms with Gasteiger partial charge in [0.2, 0.25) is 0 Å². The summed E-state index contributed by atoms with van der Waals surface area (Å²) >= 11 is 0. The molecule has 0 aliphatic carbocycles. The lowest BCUT2D eigenvalue weighted by Crippen LogP contribution is -2.44. The van der Waals surface area contributed by atoms with Crippen LogP contribution in [0.25, 0.3) is 5.69 Å². The fourth-order valence-corrected chi connectivity index (χ4v) is 5.19. The van der Waals surface area contributed by atoms with Crippen molar-refractivity contribution in [1.82, 2.24) is 14.7 Å². The number of benzene rings is 3. The topological polar surface area (TPSA) is 73.7 Å². The van der Waals surface area contributed by atoms with Gasteiger partial charge in [-0.15, -0.1) is 0 Å². The molecule has 1 aromatic heterocycles. The van der Waals surface area contributed by atoms with E-state index in [0.29, 0.717) is 41.4 Å². The minimum absolute atomic E-state index is 0.346. The Hall–Kier alpha value is -4.39. The number of aromatic nitrogens is 2. The van der Waals surface area contributed by atoms with Crippen LogP contribution in [-0.4, -0.2) is 47.1 Å². The van der Waals surface area contributed by atoms with Gasteiger partial charge in [-0.05, 0) is 61.2 Å². The molecule has 3 aromatic carbocycles. The maximum Gasteiger partial charge on any atom is 0.295 e. The Balaban J connectivity index is 1.57. The molecule has 4 aromatic rings. The summed E-state index contributed by atoms with van der Waals surface area (Å²) in [4.78, 5) is 29.3. The average molecular weight is 496 g/mol. The number of amides is 1. The van der Waals surface area contributed by atoms with E-state index in [2.05, 4.69) is 5.10 Å². The molecule has 7 nitrogen and oxygen atoms in total. The quantitative estimate of drug-likeness (QED) is 0.282. The number of ketones is 1. The third-order valence-electron chi connectivity index (χ3n) is 6.96. The highest BCUT2D eigenvalue weighted by molar-refractivity contribution is 6.43. The summed E-state index contributed by atoms with van der Waals surface area (Å²) < 4.78 is 12.8. The van der Waals surface area contributed by atoms with Crippen LogP contribution >= 0.6 is 0 Å². The Bertz CT molecular complexity index is 1460. The van der Waals surface area contributed by atoms with E-state index in [1.807, 2.05) is 79.7 Å². The highest BCUT2D eigenvalue weighted by atomic mass is 16.5. The Labute approximate surface area is 216 Å². The lowest BCUT2D eigenvalue weighted by atomic mass is 9.87. The normalized spacial score (nSPS) is 14.7. The Morgan fingerprint density at radius 2 is 1.51 bits per heavy atom. The highest BCUT2D eigenvalue weighted by Gasteiger charge is 2.37. The van der Waals surface area contributed by atoms with Gasteiger partial charge in [0.25, 0.3) is 11.7 Å². The molecule has 1 aliphatic heterocycles. The zero-order valence-corrected chi connectivity index (χ0v) is 21.4. The van der Waals surface area contributed by atoms with Gasteiger partial charge in [-0.3, -0.25) is 9.59 Å².